The van der Waals surface area contributed by atoms with Crippen LogP contribution in [0, 0.1) is 0 Å². The number of aromatic carboxylic acids is 1. The van der Waals surface area contributed by atoms with Crippen LogP contribution in [0.4, 0.5) is 0 Å². The number of benzene rings is 1. The van der Waals surface area contributed by atoms with Crippen molar-refractivity contribution in [3.05, 3.63) is 47.9 Å². The minimum atomic E-state index is -0.939. The van der Waals surface area contributed by atoms with Gasteiger partial charge in [-0.1, -0.05) is 12.8 Å². The summed E-state index contributed by atoms with van der Waals surface area (Å²) in [6.45, 7) is 0. The van der Waals surface area contributed by atoms with Gasteiger partial charge in [-0.25, -0.2) is 4.79 Å². The summed E-state index contributed by atoms with van der Waals surface area (Å²) >= 11 is 0. The summed E-state index contributed by atoms with van der Waals surface area (Å²) < 4.78 is 11.2. The molecule has 0 amide bonds. The van der Waals surface area contributed by atoms with Crippen LogP contribution in [-0.2, 0) is 0 Å². The van der Waals surface area contributed by atoms with Gasteiger partial charge >= 0.3 is 5.97 Å². The summed E-state index contributed by atoms with van der Waals surface area (Å²) in [7, 11) is 0. The van der Waals surface area contributed by atoms with Crippen molar-refractivity contribution in [1.82, 2.24) is 0 Å². The van der Waals surface area contributed by atoms with Crippen molar-refractivity contribution in [1.29, 1.82) is 0 Å². The molecule has 4 rings (SSSR count). The average Bonchev–Trinajstić information content (AvgIpc) is 3.25. The number of rotatable bonds is 3. The molecular weight excluding hydrogens is 280 g/mol. The third kappa shape index (κ3) is 2.03. The van der Waals surface area contributed by atoms with E-state index >= 15 is 0 Å². The zero-order valence-corrected chi connectivity index (χ0v) is 12.0. The van der Waals surface area contributed by atoms with Gasteiger partial charge in [-0.3, -0.25) is 0 Å². The predicted molar refractivity (Wildman–Crippen MR) is 82.1 cm³/mol. The summed E-state index contributed by atoms with van der Waals surface area (Å²) in [5.74, 6) is 0.352. The first kappa shape index (κ1) is 13.2. The molecule has 4 nitrogen and oxygen atoms in total. The van der Waals surface area contributed by atoms with Crippen molar-refractivity contribution >= 4 is 16.9 Å². The highest BCUT2D eigenvalue weighted by molar-refractivity contribution is 5.95. The van der Waals surface area contributed by atoms with Crippen molar-refractivity contribution in [3.63, 3.8) is 0 Å². The highest BCUT2D eigenvalue weighted by atomic mass is 16.4. The fourth-order valence-corrected chi connectivity index (χ4v) is 3.48. The maximum atomic E-state index is 11.2. The lowest BCUT2D eigenvalue weighted by molar-refractivity contribution is 0.0697. The standard InChI is InChI=1S/C18H16O4/c19-18(20)12-5-6-14-15(9-12)22-17(13-7-8-21-10-13)16(14)11-3-1-2-4-11/h5-11H,1-4H2,(H,19,20). The highest BCUT2D eigenvalue weighted by Gasteiger charge is 2.27. The zero-order valence-electron chi connectivity index (χ0n) is 12.0. The lowest BCUT2D eigenvalue weighted by Crippen LogP contribution is -1.96. The minimum absolute atomic E-state index is 0.248. The number of carboxylic acid groups (broad SMARTS) is 1. The van der Waals surface area contributed by atoms with E-state index in [1.165, 1.54) is 18.4 Å². The Morgan fingerprint density at radius 1 is 1.18 bits per heavy atom. The summed E-state index contributed by atoms with van der Waals surface area (Å²) in [4.78, 5) is 11.2. The Balaban J connectivity index is 1.95. The molecule has 112 valence electrons. The van der Waals surface area contributed by atoms with Crippen molar-refractivity contribution in [3.8, 4) is 11.3 Å². The molecule has 4 heteroatoms. The van der Waals surface area contributed by atoms with Gasteiger partial charge in [0.25, 0.3) is 0 Å². The van der Waals surface area contributed by atoms with Gasteiger partial charge in [-0.05, 0) is 43.0 Å². The molecule has 0 saturated heterocycles. The van der Waals surface area contributed by atoms with Crippen LogP contribution in [0.25, 0.3) is 22.3 Å². The number of carboxylic acids is 1. The van der Waals surface area contributed by atoms with E-state index in [9.17, 15) is 4.79 Å². The second kappa shape index (κ2) is 5.05. The maximum Gasteiger partial charge on any atom is 0.335 e. The maximum absolute atomic E-state index is 11.2. The van der Waals surface area contributed by atoms with Crippen LogP contribution in [-0.4, -0.2) is 11.1 Å². The van der Waals surface area contributed by atoms with Crippen LogP contribution in [0.3, 0.4) is 0 Å². The van der Waals surface area contributed by atoms with Gasteiger partial charge < -0.3 is 13.9 Å². The van der Waals surface area contributed by atoms with Gasteiger partial charge in [0.2, 0.25) is 0 Å². The molecule has 0 radical (unpaired) electrons. The van der Waals surface area contributed by atoms with E-state index in [0.29, 0.717) is 11.5 Å². The quantitative estimate of drug-likeness (QED) is 0.734. The van der Waals surface area contributed by atoms with Gasteiger partial charge in [0, 0.05) is 10.9 Å². The van der Waals surface area contributed by atoms with E-state index in [2.05, 4.69) is 0 Å². The minimum Gasteiger partial charge on any atom is -0.478 e. The first-order valence-corrected chi connectivity index (χ1v) is 7.56. The molecule has 0 spiro atoms. The molecular formula is C18H16O4. The lowest BCUT2D eigenvalue weighted by Gasteiger charge is -2.09. The molecule has 22 heavy (non-hydrogen) atoms. The molecule has 1 saturated carbocycles. The van der Waals surface area contributed by atoms with Gasteiger partial charge in [0.05, 0.1) is 17.4 Å². The molecule has 1 aromatic carbocycles. The van der Waals surface area contributed by atoms with Crippen LogP contribution < -0.4 is 0 Å². The predicted octanol–water partition coefficient (Wildman–Crippen LogP) is 5.05. The van der Waals surface area contributed by atoms with E-state index in [1.54, 1.807) is 24.7 Å². The summed E-state index contributed by atoms with van der Waals surface area (Å²) in [6, 6.07) is 7.02. The van der Waals surface area contributed by atoms with Crippen LogP contribution in [0.2, 0.25) is 0 Å². The van der Waals surface area contributed by atoms with Crippen molar-refractivity contribution in [2.24, 2.45) is 0 Å². The Morgan fingerprint density at radius 3 is 2.68 bits per heavy atom. The molecule has 2 aromatic heterocycles. The second-order valence-electron chi connectivity index (χ2n) is 5.85. The third-order valence-corrected chi connectivity index (χ3v) is 4.52. The Hall–Kier alpha value is -2.49. The van der Waals surface area contributed by atoms with E-state index in [-0.39, 0.29) is 5.56 Å². The molecule has 0 aliphatic heterocycles. The van der Waals surface area contributed by atoms with Crippen LogP contribution in [0.5, 0.6) is 0 Å². The Kier molecular flexibility index (Phi) is 3.03. The largest absolute Gasteiger partial charge is 0.478 e. The summed E-state index contributed by atoms with van der Waals surface area (Å²) in [6.07, 6.45) is 8.07. The van der Waals surface area contributed by atoms with Crippen molar-refractivity contribution in [2.45, 2.75) is 31.6 Å². The topological polar surface area (TPSA) is 63.6 Å². The average molecular weight is 296 g/mol. The summed E-state index contributed by atoms with van der Waals surface area (Å²) in [5.41, 5.74) is 3.00. The highest BCUT2D eigenvalue weighted by Crippen LogP contribution is 2.45. The molecule has 1 fully saturated rings. The molecule has 1 aliphatic carbocycles. The normalized spacial score (nSPS) is 15.6. The first-order chi connectivity index (χ1) is 10.7. The van der Waals surface area contributed by atoms with Gasteiger partial charge in [-0.2, -0.15) is 0 Å². The smallest absolute Gasteiger partial charge is 0.335 e. The van der Waals surface area contributed by atoms with Gasteiger partial charge in [0.15, 0.2) is 0 Å². The molecule has 1 aliphatic rings. The van der Waals surface area contributed by atoms with E-state index in [4.69, 9.17) is 13.9 Å². The molecule has 3 aromatic rings. The van der Waals surface area contributed by atoms with E-state index in [1.807, 2.05) is 12.1 Å². The molecule has 2 heterocycles. The Bertz CT molecular complexity index is 820. The zero-order chi connectivity index (χ0) is 15.1. The molecule has 0 bridgehead atoms. The van der Waals surface area contributed by atoms with Crippen LogP contribution >= 0.6 is 0 Å². The number of hydrogen-bond acceptors (Lipinski definition) is 3. The van der Waals surface area contributed by atoms with Crippen molar-refractivity contribution in [2.75, 3.05) is 0 Å². The third-order valence-electron chi connectivity index (χ3n) is 4.52. The fourth-order valence-electron chi connectivity index (χ4n) is 3.48. The van der Waals surface area contributed by atoms with Gasteiger partial charge in [-0.15, -0.1) is 0 Å². The fraction of sp³-hybridized carbons (Fsp3) is 0.278. The second-order valence-corrected chi connectivity index (χ2v) is 5.85. The number of fused-ring (bicyclic) bond motifs is 1. The van der Waals surface area contributed by atoms with E-state index < -0.39 is 5.97 Å². The number of hydrogen-bond donors (Lipinski definition) is 1. The molecule has 0 unspecified atom stereocenters. The monoisotopic (exact) mass is 296 g/mol. The van der Waals surface area contributed by atoms with Gasteiger partial charge in [0.1, 0.15) is 17.6 Å². The SMILES string of the molecule is O=C(O)c1ccc2c(C3CCCC3)c(-c3ccoc3)oc2c1. The number of carbonyl (C=O) groups is 1. The molecule has 0 atom stereocenters. The Morgan fingerprint density at radius 2 is 2.00 bits per heavy atom. The number of furan rings is 2. The lowest BCUT2D eigenvalue weighted by atomic mass is 9.92. The van der Waals surface area contributed by atoms with E-state index in [0.717, 1.165) is 29.6 Å². The van der Waals surface area contributed by atoms with Crippen LogP contribution in [0.15, 0.2) is 45.6 Å². The van der Waals surface area contributed by atoms with Crippen LogP contribution in [0.1, 0.15) is 47.5 Å². The van der Waals surface area contributed by atoms with Crippen molar-refractivity contribution < 1.29 is 18.7 Å². The first-order valence-electron chi connectivity index (χ1n) is 7.56. The summed E-state index contributed by atoms with van der Waals surface area (Å²) in [5, 5.41) is 10.2. The molecule has 1 N–H and O–H groups in total. The Labute approximate surface area is 127 Å².